The van der Waals surface area contributed by atoms with Crippen LogP contribution in [0.15, 0.2) is 30.3 Å². The second-order valence-corrected chi connectivity index (χ2v) is 4.94. The van der Waals surface area contributed by atoms with Crippen molar-refractivity contribution in [3.63, 3.8) is 0 Å². The highest BCUT2D eigenvalue weighted by atomic mass is 16.3. The summed E-state index contributed by atoms with van der Waals surface area (Å²) in [6.45, 7) is 4.53. The fraction of sp³-hybridized carbons (Fsp3) is 0.533. The van der Waals surface area contributed by atoms with Crippen LogP contribution in [0.4, 0.5) is 4.79 Å². The topological polar surface area (TPSA) is 61.4 Å². The van der Waals surface area contributed by atoms with E-state index in [-0.39, 0.29) is 24.6 Å². The number of aliphatic hydroxyl groups is 1. The Morgan fingerprint density at radius 1 is 1.26 bits per heavy atom. The Kier molecular flexibility index (Phi) is 6.97. The molecule has 4 nitrogen and oxygen atoms in total. The number of hydrogen-bond donors (Lipinski definition) is 3. The van der Waals surface area contributed by atoms with Gasteiger partial charge in [0.2, 0.25) is 0 Å². The van der Waals surface area contributed by atoms with Crippen molar-refractivity contribution >= 4 is 6.03 Å². The van der Waals surface area contributed by atoms with Gasteiger partial charge in [-0.1, -0.05) is 37.3 Å². The maximum absolute atomic E-state index is 11.6. The van der Waals surface area contributed by atoms with E-state index in [0.717, 1.165) is 12.8 Å². The summed E-state index contributed by atoms with van der Waals surface area (Å²) in [6.07, 6.45) is 1.88. The summed E-state index contributed by atoms with van der Waals surface area (Å²) in [5, 5.41) is 14.6. The molecule has 106 valence electrons. The molecule has 2 unspecified atom stereocenters. The van der Waals surface area contributed by atoms with Gasteiger partial charge in [0.25, 0.3) is 0 Å². The van der Waals surface area contributed by atoms with Gasteiger partial charge < -0.3 is 15.7 Å². The average Bonchev–Trinajstić information content (AvgIpc) is 2.43. The van der Waals surface area contributed by atoms with Crippen molar-refractivity contribution in [3.8, 4) is 0 Å². The van der Waals surface area contributed by atoms with E-state index in [9.17, 15) is 4.79 Å². The molecule has 0 aliphatic rings. The second-order valence-electron chi connectivity index (χ2n) is 4.94. The van der Waals surface area contributed by atoms with Gasteiger partial charge in [-0.05, 0) is 31.2 Å². The Morgan fingerprint density at radius 2 is 1.95 bits per heavy atom. The van der Waals surface area contributed by atoms with Crippen molar-refractivity contribution in [3.05, 3.63) is 35.9 Å². The molecule has 0 aliphatic heterocycles. The van der Waals surface area contributed by atoms with Crippen LogP contribution in [0, 0.1) is 5.92 Å². The first-order chi connectivity index (χ1) is 9.13. The third-order valence-electron chi connectivity index (χ3n) is 3.27. The first-order valence-corrected chi connectivity index (χ1v) is 6.82. The van der Waals surface area contributed by atoms with E-state index in [1.165, 1.54) is 5.56 Å². The largest absolute Gasteiger partial charge is 0.396 e. The molecular formula is C15H24N2O2. The first-order valence-electron chi connectivity index (χ1n) is 6.82. The van der Waals surface area contributed by atoms with Crippen molar-refractivity contribution in [1.82, 2.24) is 10.6 Å². The zero-order valence-corrected chi connectivity index (χ0v) is 11.7. The number of nitrogens with one attached hydrogen (secondary N) is 2. The van der Waals surface area contributed by atoms with Crippen LogP contribution in [-0.2, 0) is 6.42 Å². The molecular weight excluding hydrogens is 240 g/mol. The van der Waals surface area contributed by atoms with Crippen LogP contribution in [0.2, 0.25) is 0 Å². The normalized spacial score (nSPS) is 13.6. The first kappa shape index (κ1) is 15.5. The molecule has 0 saturated carbocycles. The fourth-order valence-electron chi connectivity index (χ4n) is 1.70. The van der Waals surface area contributed by atoms with E-state index in [1.54, 1.807) is 0 Å². The maximum Gasteiger partial charge on any atom is 0.315 e. The van der Waals surface area contributed by atoms with Crippen LogP contribution in [0.25, 0.3) is 0 Å². The van der Waals surface area contributed by atoms with Crippen LogP contribution >= 0.6 is 0 Å². The van der Waals surface area contributed by atoms with Gasteiger partial charge in [0, 0.05) is 19.2 Å². The Bertz CT molecular complexity index is 368. The number of carbonyl (C=O) groups excluding carboxylic acids is 1. The highest BCUT2D eigenvalue weighted by molar-refractivity contribution is 5.74. The zero-order chi connectivity index (χ0) is 14.1. The Hall–Kier alpha value is -1.55. The van der Waals surface area contributed by atoms with Crippen LogP contribution in [0.3, 0.4) is 0 Å². The summed E-state index contributed by atoms with van der Waals surface area (Å²) in [5.41, 5.74) is 1.28. The van der Waals surface area contributed by atoms with Gasteiger partial charge in [0.05, 0.1) is 0 Å². The van der Waals surface area contributed by atoms with Crippen LogP contribution in [0.5, 0.6) is 0 Å². The van der Waals surface area contributed by atoms with Gasteiger partial charge in [-0.2, -0.15) is 0 Å². The summed E-state index contributed by atoms with van der Waals surface area (Å²) in [5.74, 6) is 0.0649. The molecule has 0 fully saturated rings. The molecule has 2 amide bonds. The molecule has 0 aromatic heterocycles. The molecule has 0 saturated heterocycles. The van der Waals surface area contributed by atoms with E-state index in [0.29, 0.717) is 6.54 Å². The lowest BCUT2D eigenvalue weighted by Crippen LogP contribution is -2.44. The summed E-state index contributed by atoms with van der Waals surface area (Å²) < 4.78 is 0. The summed E-state index contributed by atoms with van der Waals surface area (Å²) in [6, 6.07) is 10.0. The third-order valence-corrected chi connectivity index (χ3v) is 3.27. The van der Waals surface area contributed by atoms with Gasteiger partial charge in [0.15, 0.2) is 0 Å². The van der Waals surface area contributed by atoms with E-state index in [4.69, 9.17) is 5.11 Å². The van der Waals surface area contributed by atoms with Crippen LogP contribution < -0.4 is 10.6 Å². The standard InChI is InChI=1S/C15H24N2O2/c1-12(11-18)13(2)17-15(19)16-10-6-9-14-7-4-3-5-8-14/h3-5,7-8,12-13,18H,6,9-11H2,1-2H3,(H2,16,17,19). The smallest absolute Gasteiger partial charge is 0.315 e. The van der Waals surface area contributed by atoms with Crippen molar-refractivity contribution in [2.75, 3.05) is 13.2 Å². The SMILES string of the molecule is CC(CO)C(C)NC(=O)NCCCc1ccccc1. The second kappa shape index (κ2) is 8.53. The molecule has 1 aromatic carbocycles. The minimum Gasteiger partial charge on any atom is -0.396 e. The number of aliphatic hydroxyl groups excluding tert-OH is 1. The molecule has 19 heavy (non-hydrogen) atoms. The molecule has 0 bridgehead atoms. The monoisotopic (exact) mass is 264 g/mol. The molecule has 4 heteroatoms. The van der Waals surface area contributed by atoms with Gasteiger partial charge in [0.1, 0.15) is 0 Å². The lowest BCUT2D eigenvalue weighted by Gasteiger charge is -2.19. The lowest BCUT2D eigenvalue weighted by molar-refractivity contribution is 0.200. The van der Waals surface area contributed by atoms with E-state index >= 15 is 0 Å². The number of hydrogen-bond acceptors (Lipinski definition) is 2. The Morgan fingerprint density at radius 3 is 2.58 bits per heavy atom. The minimum absolute atomic E-state index is 0.0286. The predicted molar refractivity (Wildman–Crippen MR) is 77.0 cm³/mol. The molecule has 0 heterocycles. The number of benzene rings is 1. The Balaban J connectivity index is 2.14. The lowest BCUT2D eigenvalue weighted by atomic mass is 10.1. The fourth-order valence-corrected chi connectivity index (χ4v) is 1.70. The summed E-state index contributed by atoms with van der Waals surface area (Å²) >= 11 is 0. The van der Waals surface area contributed by atoms with E-state index in [1.807, 2.05) is 32.0 Å². The quantitative estimate of drug-likeness (QED) is 0.659. The molecule has 1 rings (SSSR count). The van der Waals surface area contributed by atoms with Crippen LogP contribution in [-0.4, -0.2) is 30.3 Å². The highest BCUT2D eigenvalue weighted by Gasteiger charge is 2.13. The van der Waals surface area contributed by atoms with Gasteiger partial charge >= 0.3 is 6.03 Å². The van der Waals surface area contributed by atoms with E-state index in [2.05, 4.69) is 22.8 Å². The van der Waals surface area contributed by atoms with Crippen LogP contribution in [0.1, 0.15) is 25.8 Å². The summed E-state index contributed by atoms with van der Waals surface area (Å²) in [7, 11) is 0. The molecule has 0 spiro atoms. The molecule has 1 aromatic rings. The minimum atomic E-state index is -0.166. The molecule has 0 radical (unpaired) electrons. The number of rotatable bonds is 7. The maximum atomic E-state index is 11.6. The summed E-state index contributed by atoms with van der Waals surface area (Å²) in [4.78, 5) is 11.6. The third kappa shape index (κ3) is 6.25. The van der Waals surface area contributed by atoms with Crippen molar-refractivity contribution in [2.24, 2.45) is 5.92 Å². The van der Waals surface area contributed by atoms with Crippen molar-refractivity contribution < 1.29 is 9.90 Å². The van der Waals surface area contributed by atoms with Crippen molar-refractivity contribution in [2.45, 2.75) is 32.7 Å². The predicted octanol–water partition coefficient (Wildman–Crippen LogP) is 1.94. The van der Waals surface area contributed by atoms with E-state index < -0.39 is 0 Å². The Labute approximate surface area is 115 Å². The number of amides is 2. The van der Waals surface area contributed by atoms with Gasteiger partial charge in [-0.3, -0.25) is 0 Å². The highest BCUT2D eigenvalue weighted by Crippen LogP contribution is 2.02. The number of aryl methyl sites for hydroxylation is 1. The van der Waals surface area contributed by atoms with Gasteiger partial charge in [-0.25, -0.2) is 4.79 Å². The van der Waals surface area contributed by atoms with Crippen molar-refractivity contribution in [1.29, 1.82) is 0 Å². The molecule has 3 N–H and O–H groups in total. The zero-order valence-electron chi connectivity index (χ0n) is 11.7. The number of carbonyl (C=O) groups is 1. The molecule has 0 aliphatic carbocycles. The number of urea groups is 1. The average molecular weight is 264 g/mol. The molecule has 2 atom stereocenters. The van der Waals surface area contributed by atoms with Gasteiger partial charge in [-0.15, -0.1) is 0 Å².